The Morgan fingerprint density at radius 1 is 0.328 bits per heavy atom. The third-order valence-corrected chi connectivity index (χ3v) is 16.2. The minimum Gasteiger partial charge on any atom is -0.309 e. The largest absolute Gasteiger partial charge is 0.309 e. The number of benzene rings is 9. The van der Waals surface area contributed by atoms with Crippen LogP contribution in [-0.2, 0) is 21.7 Å². The second kappa shape index (κ2) is 12.4. The number of rotatable bonds is 4. The van der Waals surface area contributed by atoms with Crippen LogP contribution in [0.2, 0.25) is 0 Å². The lowest BCUT2D eigenvalue weighted by atomic mass is 9.60. The second-order valence-electron chi connectivity index (χ2n) is 21.0. The number of hydrogen-bond acceptors (Lipinski definition) is 2. The quantitative estimate of drug-likeness (QED) is 0.174. The smallest absolute Gasteiger partial charge is 0.0544 e. The standard InChI is InChI=1S/C62H52N2/c1-59(2)46-23-15-25-48-56(46)64-57-47(59)24-16-26-49(57)61(5,6)53-35-40(34-52(58(53)64)60(48,3)4)39-29-31-44-45-32-30-41(36-51(45)62(7,8)50(44)33-39)63(54-27-13-19-37-17-9-11-21-42(37)54)55-28-14-20-38-18-10-12-22-43(38)55/h9-36H,1-8H3. The Labute approximate surface area is 377 Å². The van der Waals surface area contributed by atoms with Gasteiger partial charge in [0.2, 0.25) is 0 Å². The van der Waals surface area contributed by atoms with E-state index in [2.05, 4.69) is 235 Å². The molecule has 310 valence electrons. The topological polar surface area (TPSA) is 6.48 Å². The molecule has 2 nitrogen and oxygen atoms in total. The van der Waals surface area contributed by atoms with Crippen molar-refractivity contribution in [3.05, 3.63) is 214 Å². The lowest BCUT2D eigenvalue weighted by Crippen LogP contribution is -2.43. The second-order valence-corrected chi connectivity index (χ2v) is 21.0. The molecule has 2 heteroatoms. The van der Waals surface area contributed by atoms with Gasteiger partial charge < -0.3 is 9.80 Å². The van der Waals surface area contributed by atoms with E-state index in [-0.39, 0.29) is 21.7 Å². The first-order chi connectivity index (χ1) is 30.8. The van der Waals surface area contributed by atoms with Crippen molar-refractivity contribution in [3.63, 3.8) is 0 Å². The highest BCUT2D eigenvalue weighted by Crippen LogP contribution is 2.66. The maximum absolute atomic E-state index is 2.67. The molecule has 4 aliphatic rings. The molecule has 0 bridgehead atoms. The summed E-state index contributed by atoms with van der Waals surface area (Å²) < 4.78 is 0. The Hall–Kier alpha value is -6.90. The molecular weight excluding hydrogens is 773 g/mol. The van der Waals surface area contributed by atoms with Crippen molar-refractivity contribution in [2.24, 2.45) is 0 Å². The molecule has 9 aromatic rings. The Kier molecular flexibility index (Phi) is 7.30. The van der Waals surface area contributed by atoms with Gasteiger partial charge in [0.05, 0.1) is 28.4 Å². The predicted octanol–water partition coefficient (Wildman–Crippen LogP) is 16.8. The Morgan fingerprint density at radius 2 is 0.719 bits per heavy atom. The monoisotopic (exact) mass is 824 g/mol. The number of fused-ring (bicyclic) bond motifs is 5. The van der Waals surface area contributed by atoms with Crippen LogP contribution in [0.5, 0.6) is 0 Å². The first-order valence-corrected chi connectivity index (χ1v) is 23.1. The van der Waals surface area contributed by atoms with Gasteiger partial charge in [-0.1, -0.05) is 183 Å². The Bertz CT molecular complexity index is 3340. The van der Waals surface area contributed by atoms with Crippen LogP contribution in [0, 0.1) is 0 Å². The minimum absolute atomic E-state index is 0.103. The van der Waals surface area contributed by atoms with E-state index in [1.54, 1.807) is 0 Å². The van der Waals surface area contributed by atoms with E-state index in [1.165, 1.54) is 122 Å². The summed E-state index contributed by atoms with van der Waals surface area (Å²) in [4.78, 5) is 5.16. The molecular formula is C62H52N2. The van der Waals surface area contributed by atoms with Gasteiger partial charge in [0.25, 0.3) is 0 Å². The maximum Gasteiger partial charge on any atom is 0.0544 e. The van der Waals surface area contributed by atoms with Crippen LogP contribution in [0.15, 0.2) is 170 Å². The van der Waals surface area contributed by atoms with Gasteiger partial charge in [-0.25, -0.2) is 0 Å². The summed E-state index contributed by atoms with van der Waals surface area (Å²) in [6, 6.07) is 64.6. The molecule has 0 radical (unpaired) electrons. The number of para-hydroxylation sites is 2. The normalized spacial score (nSPS) is 16.9. The molecule has 0 fully saturated rings. The number of hydrogen-bond donors (Lipinski definition) is 0. The van der Waals surface area contributed by atoms with Crippen LogP contribution in [0.1, 0.15) is 99.9 Å². The van der Waals surface area contributed by atoms with Crippen LogP contribution in [0.4, 0.5) is 34.1 Å². The molecule has 0 unspecified atom stereocenters. The van der Waals surface area contributed by atoms with E-state index in [4.69, 9.17) is 0 Å². The van der Waals surface area contributed by atoms with E-state index in [0.717, 1.165) is 0 Å². The van der Waals surface area contributed by atoms with Gasteiger partial charge in [-0.3, -0.25) is 0 Å². The van der Waals surface area contributed by atoms with Gasteiger partial charge in [-0.15, -0.1) is 0 Å². The van der Waals surface area contributed by atoms with Crippen molar-refractivity contribution < 1.29 is 0 Å². The van der Waals surface area contributed by atoms with Crippen molar-refractivity contribution in [1.29, 1.82) is 0 Å². The van der Waals surface area contributed by atoms with E-state index in [9.17, 15) is 0 Å². The van der Waals surface area contributed by atoms with E-state index in [1.807, 2.05) is 0 Å². The first-order valence-electron chi connectivity index (χ1n) is 23.1. The third kappa shape index (κ3) is 4.71. The molecule has 9 aromatic carbocycles. The Morgan fingerprint density at radius 3 is 1.25 bits per heavy atom. The average molecular weight is 825 g/mol. The number of anilines is 6. The summed E-state index contributed by atoms with van der Waals surface area (Å²) in [7, 11) is 0. The zero-order valence-electron chi connectivity index (χ0n) is 38.1. The van der Waals surface area contributed by atoms with Gasteiger partial charge >= 0.3 is 0 Å². The summed E-state index contributed by atoms with van der Waals surface area (Å²) in [5.41, 5.74) is 23.4. The molecule has 0 N–H and O–H groups in total. The molecule has 0 amide bonds. The molecule has 0 saturated carbocycles. The molecule has 1 aliphatic carbocycles. The highest BCUT2D eigenvalue weighted by molar-refractivity contribution is 6.05. The van der Waals surface area contributed by atoms with E-state index >= 15 is 0 Å². The van der Waals surface area contributed by atoms with Crippen molar-refractivity contribution in [1.82, 2.24) is 0 Å². The van der Waals surface area contributed by atoms with E-state index < -0.39 is 0 Å². The summed E-state index contributed by atoms with van der Waals surface area (Å²) in [6.45, 7) is 19.5. The Balaban J connectivity index is 0.973. The van der Waals surface area contributed by atoms with Crippen molar-refractivity contribution in [3.8, 4) is 22.3 Å². The van der Waals surface area contributed by atoms with Gasteiger partial charge in [0.15, 0.2) is 0 Å². The third-order valence-electron chi connectivity index (χ3n) is 16.2. The van der Waals surface area contributed by atoms with Crippen LogP contribution in [0.25, 0.3) is 43.8 Å². The fourth-order valence-electron chi connectivity index (χ4n) is 12.6. The van der Waals surface area contributed by atoms with Gasteiger partial charge in [0.1, 0.15) is 0 Å². The maximum atomic E-state index is 2.67. The minimum atomic E-state index is -0.230. The highest BCUT2D eigenvalue weighted by Gasteiger charge is 2.51. The lowest BCUT2D eigenvalue weighted by molar-refractivity contribution is 0.567. The fraction of sp³-hybridized carbons (Fsp3) is 0.194. The van der Waals surface area contributed by atoms with Crippen molar-refractivity contribution in [2.45, 2.75) is 77.0 Å². The molecule has 0 aromatic heterocycles. The summed E-state index contributed by atoms with van der Waals surface area (Å²) in [5, 5.41) is 4.94. The fourth-order valence-corrected chi connectivity index (χ4v) is 12.6. The molecule has 3 aliphatic heterocycles. The summed E-state index contributed by atoms with van der Waals surface area (Å²) in [6.07, 6.45) is 0. The van der Waals surface area contributed by atoms with Crippen LogP contribution < -0.4 is 9.80 Å². The van der Waals surface area contributed by atoms with Gasteiger partial charge in [-0.05, 0) is 120 Å². The molecule has 0 spiro atoms. The van der Waals surface area contributed by atoms with Crippen LogP contribution in [0.3, 0.4) is 0 Å². The molecule has 13 rings (SSSR count). The van der Waals surface area contributed by atoms with Crippen molar-refractivity contribution >= 4 is 55.7 Å². The van der Waals surface area contributed by atoms with Crippen LogP contribution in [-0.4, -0.2) is 0 Å². The first kappa shape index (κ1) is 37.6. The lowest BCUT2D eigenvalue weighted by Gasteiger charge is -2.55. The SMILES string of the molecule is CC1(C)c2cc(-c3cc4c5c(c3)C(C)(C)c3cccc6c3N5c3c(cccc3C4(C)C)C6(C)C)ccc2-c2ccc(N(c3cccc4ccccc34)c3cccc4ccccc34)cc21. The summed E-state index contributed by atoms with van der Waals surface area (Å²) in [5.74, 6) is 0. The van der Waals surface area contributed by atoms with Gasteiger partial charge in [0, 0.05) is 38.1 Å². The number of nitrogens with zero attached hydrogens (tertiary/aromatic N) is 2. The van der Waals surface area contributed by atoms with Crippen LogP contribution >= 0.6 is 0 Å². The molecule has 3 heterocycles. The zero-order valence-corrected chi connectivity index (χ0v) is 38.1. The average Bonchev–Trinajstić information content (AvgIpc) is 3.53. The van der Waals surface area contributed by atoms with Gasteiger partial charge in [-0.2, -0.15) is 0 Å². The molecule has 64 heavy (non-hydrogen) atoms. The molecule has 0 atom stereocenters. The summed E-state index contributed by atoms with van der Waals surface area (Å²) >= 11 is 0. The highest BCUT2D eigenvalue weighted by atomic mass is 15.2. The predicted molar refractivity (Wildman–Crippen MR) is 270 cm³/mol. The zero-order chi connectivity index (χ0) is 43.7. The van der Waals surface area contributed by atoms with Crippen molar-refractivity contribution in [2.75, 3.05) is 9.80 Å². The van der Waals surface area contributed by atoms with E-state index in [0.29, 0.717) is 0 Å². The molecule has 0 saturated heterocycles.